The van der Waals surface area contributed by atoms with Crippen molar-refractivity contribution in [1.29, 1.82) is 0 Å². The fourth-order valence-corrected chi connectivity index (χ4v) is 3.68. The number of methoxy groups -OCH3 is 1. The summed E-state index contributed by atoms with van der Waals surface area (Å²) in [6.07, 6.45) is 7.47. The number of aliphatic imine (C=N–C) groups is 1. The SMILES string of the molecule is COc1cccc(F)c1-c1cc2c(C(C)=Nc3cnn(C4CC4)c3)c(O)[nH]c2cn1. The summed E-state index contributed by atoms with van der Waals surface area (Å²) in [7, 11) is 1.49. The Bertz CT molecular complexity index is 1290. The first-order valence-corrected chi connectivity index (χ1v) is 9.68. The van der Waals surface area contributed by atoms with Gasteiger partial charge < -0.3 is 14.8 Å². The molecule has 1 aromatic carbocycles. The molecule has 0 saturated heterocycles. The maximum Gasteiger partial charge on any atom is 0.198 e. The molecule has 0 atom stereocenters. The number of aromatic hydroxyl groups is 1. The predicted octanol–water partition coefficient (Wildman–Crippen LogP) is 4.76. The van der Waals surface area contributed by atoms with Crippen LogP contribution in [0, 0.1) is 5.82 Å². The van der Waals surface area contributed by atoms with Gasteiger partial charge in [-0.05, 0) is 38.0 Å². The third-order valence-corrected chi connectivity index (χ3v) is 5.28. The van der Waals surface area contributed by atoms with Gasteiger partial charge in [0.2, 0.25) is 0 Å². The number of rotatable bonds is 5. The number of benzene rings is 1. The molecule has 1 fully saturated rings. The van der Waals surface area contributed by atoms with Gasteiger partial charge in [0.25, 0.3) is 0 Å². The van der Waals surface area contributed by atoms with Gasteiger partial charge in [-0.2, -0.15) is 5.10 Å². The number of halogens is 1. The van der Waals surface area contributed by atoms with Gasteiger partial charge in [-0.15, -0.1) is 0 Å². The van der Waals surface area contributed by atoms with Crippen LogP contribution in [0.3, 0.4) is 0 Å². The Morgan fingerprint density at radius 2 is 2.17 bits per heavy atom. The molecule has 152 valence electrons. The van der Waals surface area contributed by atoms with E-state index in [0.29, 0.717) is 39.7 Å². The van der Waals surface area contributed by atoms with Crippen molar-refractivity contribution in [3.63, 3.8) is 0 Å². The van der Waals surface area contributed by atoms with Gasteiger partial charge in [0.05, 0.1) is 59.8 Å². The highest BCUT2D eigenvalue weighted by Gasteiger charge is 2.24. The molecule has 5 rings (SSSR count). The highest BCUT2D eigenvalue weighted by molar-refractivity contribution is 6.13. The number of hydrogen-bond donors (Lipinski definition) is 2. The molecule has 0 aliphatic heterocycles. The second-order valence-electron chi connectivity index (χ2n) is 7.39. The molecule has 3 aromatic heterocycles. The van der Waals surface area contributed by atoms with E-state index in [2.05, 4.69) is 20.1 Å². The Hall–Kier alpha value is -3.68. The fourth-order valence-electron chi connectivity index (χ4n) is 3.68. The largest absolute Gasteiger partial charge is 0.496 e. The van der Waals surface area contributed by atoms with Crippen molar-refractivity contribution < 1.29 is 14.2 Å². The van der Waals surface area contributed by atoms with Gasteiger partial charge in [0.15, 0.2) is 5.88 Å². The first-order valence-electron chi connectivity index (χ1n) is 9.68. The maximum absolute atomic E-state index is 14.5. The summed E-state index contributed by atoms with van der Waals surface area (Å²) in [6.45, 7) is 1.82. The standard InChI is InChI=1S/C22H20FN5O2/c1-12(26-13-9-25-28(11-13)14-6-7-14)20-15-8-17(24-10-18(15)27-22(20)29)21-16(23)4-3-5-19(21)30-2/h3-5,8-11,14,27,29H,6-7H2,1-2H3. The fraction of sp³-hybridized carbons (Fsp3) is 0.227. The van der Waals surface area contributed by atoms with Crippen LogP contribution in [0.25, 0.3) is 22.2 Å². The normalized spacial score (nSPS) is 14.4. The molecule has 1 aliphatic rings. The lowest BCUT2D eigenvalue weighted by molar-refractivity contribution is 0.413. The molecular weight excluding hydrogens is 385 g/mol. The van der Waals surface area contributed by atoms with Crippen molar-refractivity contribution in [1.82, 2.24) is 19.7 Å². The van der Waals surface area contributed by atoms with E-state index in [1.807, 2.05) is 17.8 Å². The van der Waals surface area contributed by atoms with Crippen LogP contribution in [0.15, 0.2) is 47.8 Å². The maximum atomic E-state index is 14.5. The van der Waals surface area contributed by atoms with Crippen LogP contribution in [0.5, 0.6) is 11.6 Å². The van der Waals surface area contributed by atoms with Crippen LogP contribution in [-0.2, 0) is 0 Å². The van der Waals surface area contributed by atoms with Gasteiger partial charge >= 0.3 is 0 Å². The summed E-state index contributed by atoms with van der Waals surface area (Å²) in [4.78, 5) is 11.9. The minimum atomic E-state index is -0.430. The van der Waals surface area contributed by atoms with Crippen molar-refractivity contribution in [2.24, 2.45) is 4.99 Å². The number of aromatic nitrogens is 4. The van der Waals surface area contributed by atoms with Crippen LogP contribution in [0.4, 0.5) is 10.1 Å². The molecule has 8 heteroatoms. The Labute approximate surface area is 171 Å². The van der Waals surface area contributed by atoms with Crippen LogP contribution < -0.4 is 4.74 Å². The molecule has 1 aliphatic carbocycles. The third-order valence-electron chi connectivity index (χ3n) is 5.28. The highest BCUT2D eigenvalue weighted by atomic mass is 19.1. The van der Waals surface area contributed by atoms with Crippen molar-refractivity contribution in [3.8, 4) is 22.9 Å². The molecule has 0 radical (unpaired) electrons. The zero-order chi connectivity index (χ0) is 20.8. The molecule has 0 bridgehead atoms. The molecule has 0 spiro atoms. The summed E-state index contributed by atoms with van der Waals surface area (Å²) in [5.41, 5.74) is 3.19. The minimum absolute atomic E-state index is 0.0136. The van der Waals surface area contributed by atoms with Crippen LogP contribution in [0.1, 0.15) is 31.4 Å². The number of aromatic amines is 1. The summed E-state index contributed by atoms with van der Waals surface area (Å²) >= 11 is 0. The zero-order valence-corrected chi connectivity index (χ0v) is 16.6. The molecule has 1 saturated carbocycles. The topological polar surface area (TPSA) is 88.3 Å². The number of fused-ring (bicyclic) bond motifs is 1. The van der Waals surface area contributed by atoms with Crippen molar-refractivity contribution in [3.05, 3.63) is 54.2 Å². The smallest absolute Gasteiger partial charge is 0.198 e. The van der Waals surface area contributed by atoms with Crippen molar-refractivity contribution >= 4 is 22.3 Å². The number of H-pyrrole nitrogens is 1. The number of ether oxygens (including phenoxy) is 1. The third kappa shape index (κ3) is 3.10. The summed E-state index contributed by atoms with van der Waals surface area (Å²) in [5.74, 6) is -0.0540. The van der Waals surface area contributed by atoms with E-state index in [1.165, 1.54) is 13.2 Å². The Morgan fingerprint density at radius 1 is 1.33 bits per heavy atom. The predicted molar refractivity (Wildman–Crippen MR) is 112 cm³/mol. The van der Waals surface area contributed by atoms with E-state index in [9.17, 15) is 9.50 Å². The number of pyridine rings is 1. The lowest BCUT2D eigenvalue weighted by Crippen LogP contribution is -1.96. The average molecular weight is 405 g/mol. The van der Waals surface area contributed by atoms with Crippen LogP contribution in [0.2, 0.25) is 0 Å². The van der Waals surface area contributed by atoms with Crippen LogP contribution in [-0.4, -0.2) is 37.7 Å². The summed E-state index contributed by atoms with van der Waals surface area (Å²) in [5, 5.41) is 15.6. The lowest BCUT2D eigenvalue weighted by atomic mass is 10.0. The average Bonchev–Trinajstić information content (AvgIpc) is 3.39. The van der Waals surface area contributed by atoms with Gasteiger partial charge in [-0.1, -0.05) is 6.07 Å². The molecule has 4 aromatic rings. The van der Waals surface area contributed by atoms with E-state index < -0.39 is 5.82 Å². The second kappa shape index (κ2) is 6.98. The zero-order valence-electron chi connectivity index (χ0n) is 16.6. The van der Waals surface area contributed by atoms with E-state index in [0.717, 1.165) is 18.5 Å². The van der Waals surface area contributed by atoms with Gasteiger partial charge in [0, 0.05) is 5.39 Å². The Morgan fingerprint density at radius 3 is 2.93 bits per heavy atom. The quantitative estimate of drug-likeness (QED) is 0.469. The number of nitrogens with zero attached hydrogens (tertiary/aromatic N) is 4. The van der Waals surface area contributed by atoms with Gasteiger partial charge in [0.1, 0.15) is 17.3 Å². The van der Waals surface area contributed by atoms with E-state index in [4.69, 9.17) is 4.74 Å². The van der Waals surface area contributed by atoms with Crippen molar-refractivity contribution in [2.45, 2.75) is 25.8 Å². The molecule has 3 heterocycles. The number of hydrogen-bond acceptors (Lipinski definition) is 5. The molecule has 30 heavy (non-hydrogen) atoms. The second-order valence-corrected chi connectivity index (χ2v) is 7.39. The van der Waals surface area contributed by atoms with Crippen LogP contribution >= 0.6 is 0 Å². The molecule has 0 amide bonds. The minimum Gasteiger partial charge on any atom is -0.496 e. The Kier molecular flexibility index (Phi) is 4.27. The lowest BCUT2D eigenvalue weighted by Gasteiger charge is -2.09. The molecule has 0 unspecified atom stereocenters. The monoisotopic (exact) mass is 405 g/mol. The van der Waals surface area contributed by atoms with E-state index in [1.54, 1.807) is 30.6 Å². The van der Waals surface area contributed by atoms with Gasteiger partial charge in [-0.25, -0.2) is 9.38 Å². The molecule has 7 nitrogen and oxygen atoms in total. The first kappa shape index (κ1) is 18.4. The Balaban J connectivity index is 1.61. The number of nitrogens with one attached hydrogen (secondary N) is 1. The summed E-state index contributed by atoms with van der Waals surface area (Å²) < 4.78 is 21.8. The molecular formula is C22H20FN5O2. The van der Waals surface area contributed by atoms with Gasteiger partial charge in [-0.3, -0.25) is 9.67 Å². The van der Waals surface area contributed by atoms with Crippen molar-refractivity contribution in [2.75, 3.05) is 7.11 Å². The highest BCUT2D eigenvalue weighted by Crippen LogP contribution is 2.37. The van der Waals surface area contributed by atoms with E-state index >= 15 is 0 Å². The molecule has 2 N–H and O–H groups in total. The van der Waals surface area contributed by atoms with E-state index in [-0.39, 0.29) is 11.4 Å². The first-order chi connectivity index (χ1) is 14.5. The summed E-state index contributed by atoms with van der Waals surface area (Å²) in [6, 6.07) is 6.84.